The van der Waals surface area contributed by atoms with E-state index >= 15 is 0 Å². The summed E-state index contributed by atoms with van der Waals surface area (Å²) >= 11 is 0. The number of amides is 1. The molecule has 10 nitrogen and oxygen atoms in total. The second-order valence-electron chi connectivity index (χ2n) is 5.66. The highest BCUT2D eigenvalue weighted by molar-refractivity contribution is 5.95. The van der Waals surface area contributed by atoms with Crippen molar-refractivity contribution in [2.75, 3.05) is 14.2 Å². The molecule has 0 unspecified atom stereocenters. The Labute approximate surface area is 159 Å². The van der Waals surface area contributed by atoms with E-state index in [0.717, 1.165) is 0 Å². The number of ether oxygens (including phenoxy) is 2. The third-order valence-electron chi connectivity index (χ3n) is 4.03. The van der Waals surface area contributed by atoms with E-state index in [-0.39, 0.29) is 23.5 Å². The van der Waals surface area contributed by atoms with Gasteiger partial charge in [-0.1, -0.05) is 0 Å². The smallest absolute Gasteiger partial charge is 0.295 e. The average Bonchev–Trinajstić information content (AvgIpc) is 3.25. The standard InChI is InChI=1S/C18H17N5O5/c1-27-14-4-6-17(28-2)13(7-14)9-20-18(24)12-3-5-15(16(8-12)23(25)26)22-11-19-10-21-22/h3-8,10-11H,9H2,1-2H3,(H,20,24). The summed E-state index contributed by atoms with van der Waals surface area (Å²) in [6.45, 7) is 0.165. The van der Waals surface area contributed by atoms with Crippen LogP contribution in [0.2, 0.25) is 0 Å². The molecule has 1 N–H and O–H groups in total. The molecule has 3 aromatic rings. The van der Waals surface area contributed by atoms with Crippen molar-refractivity contribution in [1.29, 1.82) is 0 Å². The third kappa shape index (κ3) is 3.90. The molecule has 1 amide bonds. The summed E-state index contributed by atoms with van der Waals surface area (Å²) in [5.41, 5.74) is 0.826. The van der Waals surface area contributed by atoms with Crippen LogP contribution in [0.4, 0.5) is 5.69 Å². The summed E-state index contributed by atoms with van der Waals surface area (Å²) in [6.07, 6.45) is 2.61. The predicted molar refractivity (Wildman–Crippen MR) is 98.7 cm³/mol. The molecule has 0 saturated carbocycles. The number of nitrogens with zero attached hydrogens (tertiary/aromatic N) is 4. The molecule has 0 aliphatic heterocycles. The zero-order valence-corrected chi connectivity index (χ0v) is 15.2. The lowest BCUT2D eigenvalue weighted by Gasteiger charge is -2.12. The molecule has 0 atom stereocenters. The quantitative estimate of drug-likeness (QED) is 0.490. The summed E-state index contributed by atoms with van der Waals surface area (Å²) in [7, 11) is 3.07. The first-order valence-corrected chi connectivity index (χ1v) is 8.16. The minimum Gasteiger partial charge on any atom is -0.497 e. The second-order valence-corrected chi connectivity index (χ2v) is 5.66. The first kappa shape index (κ1) is 18.8. The fourth-order valence-electron chi connectivity index (χ4n) is 2.63. The second kappa shape index (κ2) is 8.16. The SMILES string of the molecule is COc1ccc(OC)c(CNC(=O)c2ccc(-n3cncn3)c([N+](=O)[O-])c2)c1. The number of carbonyl (C=O) groups is 1. The van der Waals surface area contributed by atoms with E-state index in [4.69, 9.17) is 9.47 Å². The molecular formula is C18H17N5O5. The highest BCUT2D eigenvalue weighted by Crippen LogP contribution is 2.25. The van der Waals surface area contributed by atoms with Crippen LogP contribution < -0.4 is 14.8 Å². The predicted octanol–water partition coefficient (Wildman–Crippen LogP) is 2.12. The lowest BCUT2D eigenvalue weighted by Crippen LogP contribution is -2.23. The Morgan fingerprint density at radius 1 is 1.21 bits per heavy atom. The molecule has 10 heteroatoms. The summed E-state index contributed by atoms with van der Waals surface area (Å²) in [6, 6.07) is 9.37. The van der Waals surface area contributed by atoms with Crippen molar-refractivity contribution >= 4 is 11.6 Å². The largest absolute Gasteiger partial charge is 0.497 e. The van der Waals surface area contributed by atoms with E-state index in [9.17, 15) is 14.9 Å². The van der Waals surface area contributed by atoms with Crippen LogP contribution in [0.15, 0.2) is 49.1 Å². The van der Waals surface area contributed by atoms with E-state index in [2.05, 4.69) is 15.4 Å². The van der Waals surface area contributed by atoms with Crippen molar-refractivity contribution in [2.24, 2.45) is 0 Å². The maximum absolute atomic E-state index is 12.5. The number of nitro benzene ring substituents is 1. The Morgan fingerprint density at radius 3 is 2.68 bits per heavy atom. The van der Waals surface area contributed by atoms with Crippen LogP contribution in [0.5, 0.6) is 11.5 Å². The Hall–Kier alpha value is -3.95. The normalized spacial score (nSPS) is 10.4. The number of hydrogen-bond acceptors (Lipinski definition) is 7. The molecular weight excluding hydrogens is 366 g/mol. The van der Waals surface area contributed by atoms with E-state index in [1.165, 1.54) is 42.6 Å². The van der Waals surface area contributed by atoms with Gasteiger partial charge in [0, 0.05) is 23.7 Å². The van der Waals surface area contributed by atoms with Crippen molar-refractivity contribution in [2.45, 2.75) is 6.54 Å². The van der Waals surface area contributed by atoms with Crippen LogP contribution in [0.25, 0.3) is 5.69 Å². The van der Waals surface area contributed by atoms with Crippen LogP contribution in [-0.4, -0.2) is 39.8 Å². The van der Waals surface area contributed by atoms with Crippen LogP contribution in [-0.2, 0) is 6.54 Å². The number of aromatic nitrogens is 3. The van der Waals surface area contributed by atoms with E-state index < -0.39 is 10.8 Å². The molecule has 0 aliphatic rings. The Bertz CT molecular complexity index is 1000. The fourth-order valence-corrected chi connectivity index (χ4v) is 2.63. The highest BCUT2D eigenvalue weighted by atomic mass is 16.6. The van der Waals surface area contributed by atoms with Crippen molar-refractivity contribution in [3.63, 3.8) is 0 Å². The number of nitro groups is 1. The van der Waals surface area contributed by atoms with Gasteiger partial charge < -0.3 is 14.8 Å². The lowest BCUT2D eigenvalue weighted by molar-refractivity contribution is -0.384. The summed E-state index contributed by atoms with van der Waals surface area (Å²) in [5, 5.41) is 18.0. The van der Waals surface area contributed by atoms with Gasteiger partial charge in [-0.05, 0) is 30.3 Å². The van der Waals surface area contributed by atoms with Gasteiger partial charge in [0.25, 0.3) is 11.6 Å². The lowest BCUT2D eigenvalue weighted by atomic mass is 10.1. The van der Waals surface area contributed by atoms with E-state index in [1.807, 2.05) is 0 Å². The number of benzene rings is 2. The maximum atomic E-state index is 12.5. The van der Waals surface area contributed by atoms with Gasteiger partial charge in [0.05, 0.1) is 19.1 Å². The first-order chi connectivity index (χ1) is 13.5. The average molecular weight is 383 g/mol. The third-order valence-corrected chi connectivity index (χ3v) is 4.03. The van der Waals surface area contributed by atoms with Crippen LogP contribution in [0.1, 0.15) is 15.9 Å². The molecule has 0 saturated heterocycles. The number of methoxy groups -OCH3 is 2. The van der Waals surface area contributed by atoms with Gasteiger partial charge in [0.2, 0.25) is 0 Å². The topological polar surface area (TPSA) is 121 Å². The fraction of sp³-hybridized carbons (Fsp3) is 0.167. The Morgan fingerprint density at radius 2 is 2.04 bits per heavy atom. The van der Waals surface area contributed by atoms with Gasteiger partial charge in [0.1, 0.15) is 29.8 Å². The molecule has 0 fully saturated rings. The van der Waals surface area contributed by atoms with Gasteiger partial charge in [-0.25, -0.2) is 9.67 Å². The number of rotatable bonds is 7. The van der Waals surface area contributed by atoms with Crippen LogP contribution in [0, 0.1) is 10.1 Å². The van der Waals surface area contributed by atoms with Crippen molar-refractivity contribution in [3.05, 3.63) is 70.3 Å². The van der Waals surface area contributed by atoms with Gasteiger partial charge in [-0.3, -0.25) is 14.9 Å². The number of hydrogen-bond donors (Lipinski definition) is 1. The van der Waals surface area contributed by atoms with Crippen LogP contribution in [0.3, 0.4) is 0 Å². The molecule has 0 aliphatic carbocycles. The first-order valence-electron chi connectivity index (χ1n) is 8.16. The molecule has 0 radical (unpaired) electrons. The van der Waals surface area contributed by atoms with Crippen molar-refractivity contribution in [3.8, 4) is 17.2 Å². The van der Waals surface area contributed by atoms with Gasteiger partial charge in [0.15, 0.2) is 0 Å². The maximum Gasteiger partial charge on any atom is 0.295 e. The van der Waals surface area contributed by atoms with Crippen molar-refractivity contribution in [1.82, 2.24) is 20.1 Å². The molecule has 0 spiro atoms. The zero-order chi connectivity index (χ0) is 20.1. The summed E-state index contributed by atoms with van der Waals surface area (Å²) < 4.78 is 11.7. The molecule has 28 heavy (non-hydrogen) atoms. The van der Waals surface area contributed by atoms with E-state index in [0.29, 0.717) is 17.1 Å². The highest BCUT2D eigenvalue weighted by Gasteiger charge is 2.19. The minimum absolute atomic E-state index is 0.150. The number of carbonyl (C=O) groups excluding carboxylic acids is 1. The summed E-state index contributed by atoms with van der Waals surface area (Å²) in [5.74, 6) is 0.754. The molecule has 2 aromatic carbocycles. The monoisotopic (exact) mass is 383 g/mol. The Kier molecular flexibility index (Phi) is 5.49. The molecule has 0 bridgehead atoms. The molecule has 1 aromatic heterocycles. The zero-order valence-electron chi connectivity index (χ0n) is 15.2. The van der Waals surface area contributed by atoms with Gasteiger partial charge in [-0.15, -0.1) is 0 Å². The minimum atomic E-state index is -0.571. The Balaban J connectivity index is 1.82. The molecule has 3 rings (SSSR count). The number of nitrogens with one attached hydrogen (secondary N) is 1. The van der Waals surface area contributed by atoms with Gasteiger partial charge >= 0.3 is 0 Å². The molecule has 144 valence electrons. The van der Waals surface area contributed by atoms with Crippen LogP contribution >= 0.6 is 0 Å². The summed E-state index contributed by atoms with van der Waals surface area (Å²) in [4.78, 5) is 27.1. The molecule has 1 heterocycles. The van der Waals surface area contributed by atoms with Gasteiger partial charge in [-0.2, -0.15) is 5.10 Å². The van der Waals surface area contributed by atoms with Crippen molar-refractivity contribution < 1.29 is 19.2 Å². The van der Waals surface area contributed by atoms with E-state index in [1.54, 1.807) is 25.3 Å².